The zero-order valence-corrected chi connectivity index (χ0v) is 16.0. The van der Waals surface area contributed by atoms with E-state index in [1.165, 1.54) is 11.3 Å². The normalized spacial score (nSPS) is 11.2. The first-order valence-corrected chi connectivity index (χ1v) is 9.20. The summed E-state index contributed by atoms with van der Waals surface area (Å²) < 4.78 is 6.90. The first-order chi connectivity index (χ1) is 12.0. The highest BCUT2D eigenvalue weighted by atomic mass is 35.5. The van der Waals surface area contributed by atoms with Gasteiger partial charge in [-0.3, -0.25) is 4.79 Å². The summed E-state index contributed by atoms with van der Waals surface area (Å²) in [4.78, 5) is 16.1. The fourth-order valence-corrected chi connectivity index (χ4v) is 4.03. The molecule has 3 rings (SSSR count). The largest absolute Gasteiger partial charge is 0.385 e. The molecular formula is C18H20ClN3O2S. The maximum Gasteiger partial charge on any atom is 0.263 e. The second-order valence-corrected chi connectivity index (χ2v) is 7.35. The molecular weight excluding hydrogens is 358 g/mol. The molecule has 132 valence electrons. The van der Waals surface area contributed by atoms with E-state index in [9.17, 15) is 4.79 Å². The highest BCUT2D eigenvalue weighted by Gasteiger charge is 2.19. The van der Waals surface area contributed by atoms with Crippen LogP contribution in [-0.4, -0.2) is 47.9 Å². The zero-order chi connectivity index (χ0) is 18.0. The molecule has 0 aliphatic heterocycles. The molecule has 3 aromatic rings. The predicted octanol–water partition coefficient (Wildman–Crippen LogP) is 4.16. The van der Waals surface area contributed by atoms with Gasteiger partial charge in [0.05, 0.1) is 16.3 Å². The van der Waals surface area contributed by atoms with E-state index >= 15 is 0 Å². The van der Waals surface area contributed by atoms with Gasteiger partial charge in [-0.15, -0.1) is 11.3 Å². The Kier molecular flexibility index (Phi) is 5.42. The lowest BCUT2D eigenvalue weighted by Gasteiger charge is -2.15. The molecule has 1 aromatic carbocycles. The molecule has 0 aliphatic carbocycles. The lowest BCUT2D eigenvalue weighted by Crippen LogP contribution is -2.27. The third kappa shape index (κ3) is 3.71. The van der Waals surface area contributed by atoms with E-state index < -0.39 is 0 Å². The van der Waals surface area contributed by atoms with E-state index in [1.807, 2.05) is 49.0 Å². The number of rotatable bonds is 6. The van der Waals surface area contributed by atoms with Crippen LogP contribution in [0.3, 0.4) is 0 Å². The summed E-state index contributed by atoms with van der Waals surface area (Å²) in [6.07, 6.45) is 0.818. The summed E-state index contributed by atoms with van der Waals surface area (Å²) >= 11 is 7.56. The van der Waals surface area contributed by atoms with Gasteiger partial charge < -0.3 is 9.64 Å². The number of methoxy groups -OCH3 is 1. The van der Waals surface area contributed by atoms with Crippen LogP contribution in [0, 0.1) is 6.92 Å². The Morgan fingerprint density at radius 2 is 2.20 bits per heavy atom. The van der Waals surface area contributed by atoms with Gasteiger partial charge in [-0.25, -0.2) is 4.68 Å². The van der Waals surface area contributed by atoms with Crippen LogP contribution in [0.5, 0.6) is 0 Å². The molecule has 0 saturated carbocycles. The Balaban J connectivity index is 1.92. The van der Waals surface area contributed by atoms with Crippen LogP contribution in [0.1, 0.15) is 21.8 Å². The predicted molar refractivity (Wildman–Crippen MR) is 102 cm³/mol. The molecule has 1 amide bonds. The van der Waals surface area contributed by atoms with Gasteiger partial charge in [0.15, 0.2) is 0 Å². The van der Waals surface area contributed by atoms with Crippen molar-refractivity contribution >= 4 is 39.1 Å². The molecule has 7 heteroatoms. The van der Waals surface area contributed by atoms with Crippen LogP contribution < -0.4 is 0 Å². The summed E-state index contributed by atoms with van der Waals surface area (Å²) in [5.74, 6) is 0.0225. The van der Waals surface area contributed by atoms with Gasteiger partial charge in [0.2, 0.25) is 0 Å². The van der Waals surface area contributed by atoms with Crippen molar-refractivity contribution in [3.63, 3.8) is 0 Å². The van der Waals surface area contributed by atoms with E-state index in [-0.39, 0.29) is 5.91 Å². The van der Waals surface area contributed by atoms with Gasteiger partial charge in [-0.1, -0.05) is 17.7 Å². The molecule has 25 heavy (non-hydrogen) atoms. The van der Waals surface area contributed by atoms with Crippen LogP contribution in [0.25, 0.3) is 15.9 Å². The fourth-order valence-electron chi connectivity index (χ4n) is 2.67. The summed E-state index contributed by atoms with van der Waals surface area (Å²) in [6, 6.07) is 9.47. The van der Waals surface area contributed by atoms with Gasteiger partial charge in [0, 0.05) is 37.7 Å². The molecule has 0 aliphatic rings. The van der Waals surface area contributed by atoms with Gasteiger partial charge in [0.25, 0.3) is 5.91 Å². The van der Waals surface area contributed by atoms with Crippen LogP contribution in [0.15, 0.2) is 30.3 Å². The lowest BCUT2D eigenvalue weighted by molar-refractivity contribution is 0.0784. The van der Waals surface area contributed by atoms with Gasteiger partial charge in [-0.05, 0) is 37.6 Å². The number of amides is 1. The number of thiophene rings is 1. The molecule has 0 atom stereocenters. The third-order valence-corrected chi connectivity index (χ3v) is 5.33. The molecule has 0 spiro atoms. The van der Waals surface area contributed by atoms with E-state index in [0.29, 0.717) is 23.1 Å². The first-order valence-electron chi connectivity index (χ1n) is 8.00. The summed E-state index contributed by atoms with van der Waals surface area (Å²) in [5, 5.41) is 6.25. The Labute approximate surface area is 155 Å². The Morgan fingerprint density at radius 3 is 2.92 bits per heavy atom. The zero-order valence-electron chi connectivity index (χ0n) is 14.5. The molecule has 0 radical (unpaired) electrons. The van der Waals surface area contributed by atoms with Crippen molar-refractivity contribution in [2.24, 2.45) is 0 Å². The maximum absolute atomic E-state index is 12.7. The SMILES string of the molecule is COCCCN(C)C(=O)c1cc2c(C)nn(-c3cccc(Cl)c3)c2s1. The highest BCUT2D eigenvalue weighted by molar-refractivity contribution is 7.20. The highest BCUT2D eigenvalue weighted by Crippen LogP contribution is 2.31. The number of fused-ring (bicyclic) bond motifs is 1. The van der Waals surface area contributed by atoms with Crippen LogP contribution in [0.2, 0.25) is 5.02 Å². The maximum atomic E-state index is 12.7. The number of aromatic nitrogens is 2. The van der Waals surface area contributed by atoms with Crippen LogP contribution in [0.4, 0.5) is 0 Å². The number of carbonyl (C=O) groups excluding carboxylic acids is 1. The van der Waals surface area contributed by atoms with Gasteiger partial charge >= 0.3 is 0 Å². The average molecular weight is 378 g/mol. The molecule has 0 saturated heterocycles. The van der Waals surface area contributed by atoms with E-state index in [1.54, 1.807) is 12.0 Å². The minimum Gasteiger partial charge on any atom is -0.385 e. The van der Waals surface area contributed by atoms with Crippen molar-refractivity contribution in [3.8, 4) is 5.69 Å². The average Bonchev–Trinajstić information content (AvgIpc) is 3.15. The summed E-state index contributed by atoms with van der Waals surface area (Å²) in [6.45, 7) is 3.26. The lowest BCUT2D eigenvalue weighted by atomic mass is 10.3. The van der Waals surface area contributed by atoms with Crippen LogP contribution >= 0.6 is 22.9 Å². The Bertz CT molecular complexity index is 903. The van der Waals surface area contributed by atoms with E-state index in [0.717, 1.165) is 28.0 Å². The molecule has 0 N–H and O–H groups in total. The van der Waals surface area contributed by atoms with E-state index in [4.69, 9.17) is 16.3 Å². The number of hydrogen-bond acceptors (Lipinski definition) is 4. The van der Waals surface area contributed by atoms with E-state index in [2.05, 4.69) is 5.10 Å². The Morgan fingerprint density at radius 1 is 1.40 bits per heavy atom. The number of hydrogen-bond donors (Lipinski definition) is 0. The number of ether oxygens (including phenoxy) is 1. The molecule has 5 nitrogen and oxygen atoms in total. The quantitative estimate of drug-likeness (QED) is 0.606. The number of carbonyl (C=O) groups is 1. The first kappa shape index (κ1) is 17.9. The van der Waals surface area contributed by atoms with Crippen LogP contribution in [-0.2, 0) is 4.74 Å². The topological polar surface area (TPSA) is 47.4 Å². The number of nitrogens with zero attached hydrogens (tertiary/aromatic N) is 3. The molecule has 2 heterocycles. The standard InChI is InChI=1S/C18H20ClN3O2S/c1-12-15-11-16(17(23)21(2)8-5-9-24-3)25-18(15)22(20-12)14-7-4-6-13(19)10-14/h4,6-7,10-11H,5,8-9H2,1-3H3. The minimum absolute atomic E-state index is 0.0225. The molecule has 0 bridgehead atoms. The van der Waals surface area contributed by atoms with Crippen molar-refractivity contribution in [2.45, 2.75) is 13.3 Å². The minimum atomic E-state index is 0.0225. The third-order valence-electron chi connectivity index (χ3n) is 4.00. The monoisotopic (exact) mass is 377 g/mol. The molecule has 0 fully saturated rings. The number of halogens is 1. The fraction of sp³-hybridized carbons (Fsp3) is 0.333. The van der Waals surface area contributed by atoms with Gasteiger partial charge in [0.1, 0.15) is 4.83 Å². The van der Waals surface area contributed by atoms with Crippen molar-refractivity contribution < 1.29 is 9.53 Å². The second kappa shape index (κ2) is 7.56. The molecule has 2 aromatic heterocycles. The summed E-state index contributed by atoms with van der Waals surface area (Å²) in [5.41, 5.74) is 1.78. The van der Waals surface area contributed by atoms with Crippen molar-refractivity contribution in [1.29, 1.82) is 0 Å². The Hall–Kier alpha value is -1.89. The van der Waals surface area contributed by atoms with Crippen molar-refractivity contribution in [2.75, 3.05) is 27.3 Å². The smallest absolute Gasteiger partial charge is 0.263 e. The second-order valence-electron chi connectivity index (χ2n) is 5.88. The number of aryl methyl sites for hydroxylation is 1. The van der Waals surface area contributed by atoms with Crippen molar-refractivity contribution in [1.82, 2.24) is 14.7 Å². The summed E-state index contributed by atoms with van der Waals surface area (Å²) in [7, 11) is 3.48. The number of benzene rings is 1. The van der Waals surface area contributed by atoms with Crippen molar-refractivity contribution in [3.05, 3.63) is 45.9 Å². The van der Waals surface area contributed by atoms with Gasteiger partial charge in [-0.2, -0.15) is 5.10 Å². The molecule has 0 unspecified atom stereocenters.